The highest BCUT2D eigenvalue weighted by Crippen LogP contribution is 2.32. The number of hydrogen-bond acceptors (Lipinski definition) is 3. The molecule has 1 aromatic heterocycles. The van der Waals surface area contributed by atoms with E-state index in [9.17, 15) is 4.79 Å². The normalized spacial score (nSPS) is 17.1. The van der Waals surface area contributed by atoms with Crippen LogP contribution in [0.2, 0.25) is 0 Å². The van der Waals surface area contributed by atoms with Gasteiger partial charge in [-0.15, -0.1) is 0 Å². The number of benzene rings is 1. The monoisotopic (exact) mass is 284 g/mol. The molecule has 2 aromatic rings. The maximum Gasteiger partial charge on any atom is 0.221 e. The molecule has 3 rings (SSSR count). The third-order valence-corrected chi connectivity index (χ3v) is 3.92. The first-order chi connectivity index (χ1) is 10.1. The van der Waals surface area contributed by atoms with Gasteiger partial charge in [0, 0.05) is 36.6 Å². The molecule has 1 aromatic carbocycles. The van der Waals surface area contributed by atoms with Crippen LogP contribution in [0.3, 0.4) is 0 Å². The third-order valence-electron chi connectivity index (χ3n) is 3.92. The van der Waals surface area contributed by atoms with Crippen molar-refractivity contribution >= 4 is 17.3 Å². The molecular weight excluding hydrogens is 264 g/mol. The number of rotatable bonds is 3. The number of hydrogen-bond donors (Lipinski definition) is 2. The smallest absolute Gasteiger partial charge is 0.221 e. The molecule has 5 nitrogen and oxygen atoms in total. The van der Waals surface area contributed by atoms with Gasteiger partial charge in [-0.3, -0.25) is 9.48 Å². The lowest BCUT2D eigenvalue weighted by atomic mass is 9.93. The number of fused-ring (bicyclic) bond motifs is 1. The van der Waals surface area contributed by atoms with E-state index in [1.54, 1.807) is 0 Å². The third kappa shape index (κ3) is 2.91. The minimum atomic E-state index is -0.0528. The highest BCUT2D eigenvalue weighted by molar-refractivity contribution is 5.88. The lowest BCUT2D eigenvalue weighted by Crippen LogP contribution is -2.17. The number of aryl methyl sites for hydroxylation is 1. The second-order valence-electron chi connectivity index (χ2n) is 5.52. The maximum atomic E-state index is 11.0. The molecule has 0 aliphatic heterocycles. The van der Waals surface area contributed by atoms with Crippen molar-refractivity contribution in [2.75, 3.05) is 10.6 Å². The van der Waals surface area contributed by atoms with Crippen LogP contribution in [-0.4, -0.2) is 15.7 Å². The second kappa shape index (κ2) is 5.60. The first kappa shape index (κ1) is 13.7. The van der Waals surface area contributed by atoms with E-state index >= 15 is 0 Å². The van der Waals surface area contributed by atoms with Crippen molar-refractivity contribution in [1.82, 2.24) is 9.78 Å². The van der Waals surface area contributed by atoms with Crippen LogP contribution in [0.5, 0.6) is 0 Å². The summed E-state index contributed by atoms with van der Waals surface area (Å²) in [4.78, 5) is 11.0. The fraction of sp³-hybridized carbons (Fsp3) is 0.375. The molecule has 1 heterocycles. The largest absolute Gasteiger partial charge is 0.378 e. The number of aromatic nitrogens is 2. The summed E-state index contributed by atoms with van der Waals surface area (Å²) in [5.74, 6) is -0.0528. The molecule has 1 aliphatic rings. The van der Waals surface area contributed by atoms with E-state index in [0.29, 0.717) is 6.04 Å². The van der Waals surface area contributed by atoms with Crippen LogP contribution in [0.15, 0.2) is 30.5 Å². The van der Waals surface area contributed by atoms with Gasteiger partial charge in [-0.1, -0.05) is 0 Å². The van der Waals surface area contributed by atoms with Crippen LogP contribution in [0, 0.1) is 0 Å². The van der Waals surface area contributed by atoms with Crippen LogP contribution in [-0.2, 0) is 18.3 Å². The molecule has 0 bridgehead atoms. The fourth-order valence-electron chi connectivity index (χ4n) is 2.91. The standard InChI is InChI=1S/C16H20N4O/c1-11(21)18-12-6-8-13(9-7-12)19-15-4-3-5-16-14(15)10-17-20(16)2/h6-10,15,19H,3-5H2,1-2H3,(H,18,21). The number of anilines is 2. The number of amides is 1. The molecule has 0 saturated heterocycles. The summed E-state index contributed by atoms with van der Waals surface area (Å²) in [5.41, 5.74) is 4.51. The first-order valence-electron chi connectivity index (χ1n) is 7.28. The van der Waals surface area contributed by atoms with Gasteiger partial charge in [0.25, 0.3) is 0 Å². The number of carbonyl (C=O) groups is 1. The van der Waals surface area contributed by atoms with Crippen molar-refractivity contribution in [3.63, 3.8) is 0 Å². The number of carbonyl (C=O) groups excluding carboxylic acids is 1. The summed E-state index contributed by atoms with van der Waals surface area (Å²) in [6.45, 7) is 1.51. The molecule has 1 amide bonds. The molecule has 21 heavy (non-hydrogen) atoms. The molecule has 0 spiro atoms. The highest BCUT2D eigenvalue weighted by Gasteiger charge is 2.23. The van der Waals surface area contributed by atoms with Crippen molar-refractivity contribution in [3.8, 4) is 0 Å². The Bertz CT molecular complexity index is 645. The summed E-state index contributed by atoms with van der Waals surface area (Å²) < 4.78 is 1.98. The maximum absolute atomic E-state index is 11.0. The van der Waals surface area contributed by atoms with Gasteiger partial charge in [0.05, 0.1) is 12.2 Å². The second-order valence-corrected chi connectivity index (χ2v) is 5.52. The fourth-order valence-corrected chi connectivity index (χ4v) is 2.91. The van der Waals surface area contributed by atoms with E-state index in [-0.39, 0.29) is 5.91 Å². The van der Waals surface area contributed by atoms with E-state index in [4.69, 9.17) is 0 Å². The Balaban J connectivity index is 1.74. The van der Waals surface area contributed by atoms with Gasteiger partial charge in [-0.05, 0) is 43.5 Å². The van der Waals surface area contributed by atoms with E-state index in [1.165, 1.54) is 24.6 Å². The van der Waals surface area contributed by atoms with Crippen molar-refractivity contribution in [2.45, 2.75) is 32.2 Å². The van der Waals surface area contributed by atoms with Crippen LogP contribution in [0.4, 0.5) is 11.4 Å². The summed E-state index contributed by atoms with van der Waals surface area (Å²) in [6.07, 6.45) is 5.36. The predicted molar refractivity (Wildman–Crippen MR) is 83.3 cm³/mol. The van der Waals surface area contributed by atoms with Crippen molar-refractivity contribution in [2.24, 2.45) is 7.05 Å². The SMILES string of the molecule is CC(=O)Nc1ccc(NC2CCCc3c2cnn3C)cc1. The Morgan fingerprint density at radius 2 is 2.00 bits per heavy atom. The molecule has 110 valence electrons. The van der Waals surface area contributed by atoms with Crippen LogP contribution < -0.4 is 10.6 Å². The van der Waals surface area contributed by atoms with E-state index in [2.05, 4.69) is 15.7 Å². The molecular formula is C16H20N4O. The zero-order valence-electron chi connectivity index (χ0n) is 12.4. The van der Waals surface area contributed by atoms with Gasteiger partial charge < -0.3 is 10.6 Å². The first-order valence-corrected chi connectivity index (χ1v) is 7.28. The number of nitrogens with zero attached hydrogens (tertiary/aromatic N) is 2. The average Bonchev–Trinajstić information content (AvgIpc) is 2.83. The molecule has 2 N–H and O–H groups in total. The van der Waals surface area contributed by atoms with Gasteiger partial charge >= 0.3 is 0 Å². The topological polar surface area (TPSA) is 59.0 Å². The lowest BCUT2D eigenvalue weighted by molar-refractivity contribution is -0.114. The molecule has 0 radical (unpaired) electrons. The van der Waals surface area contributed by atoms with Gasteiger partial charge in [-0.2, -0.15) is 5.10 Å². The summed E-state index contributed by atoms with van der Waals surface area (Å²) in [5, 5.41) is 10.7. The molecule has 0 saturated carbocycles. The summed E-state index contributed by atoms with van der Waals surface area (Å²) >= 11 is 0. The van der Waals surface area contributed by atoms with Crippen molar-refractivity contribution < 1.29 is 4.79 Å². The minimum Gasteiger partial charge on any atom is -0.378 e. The Morgan fingerprint density at radius 3 is 2.71 bits per heavy atom. The molecule has 1 atom stereocenters. The Hall–Kier alpha value is -2.30. The molecule has 1 aliphatic carbocycles. The zero-order chi connectivity index (χ0) is 14.8. The van der Waals surface area contributed by atoms with Gasteiger partial charge in [-0.25, -0.2) is 0 Å². The predicted octanol–water partition coefficient (Wildman–Crippen LogP) is 2.87. The minimum absolute atomic E-state index is 0.0528. The summed E-state index contributed by atoms with van der Waals surface area (Å²) in [7, 11) is 2.00. The van der Waals surface area contributed by atoms with Crippen LogP contribution in [0.1, 0.15) is 37.1 Å². The Labute approximate surface area is 124 Å². The Kier molecular flexibility index (Phi) is 3.64. The van der Waals surface area contributed by atoms with Gasteiger partial charge in [0.1, 0.15) is 0 Å². The lowest BCUT2D eigenvalue weighted by Gasteiger charge is -2.24. The molecule has 1 unspecified atom stereocenters. The molecule has 5 heteroatoms. The quantitative estimate of drug-likeness (QED) is 0.911. The Morgan fingerprint density at radius 1 is 1.29 bits per heavy atom. The zero-order valence-corrected chi connectivity index (χ0v) is 12.4. The van der Waals surface area contributed by atoms with Crippen molar-refractivity contribution in [3.05, 3.63) is 41.7 Å². The highest BCUT2D eigenvalue weighted by atomic mass is 16.1. The van der Waals surface area contributed by atoms with Crippen LogP contribution >= 0.6 is 0 Å². The number of nitrogens with one attached hydrogen (secondary N) is 2. The van der Waals surface area contributed by atoms with Gasteiger partial charge in [0.15, 0.2) is 0 Å². The average molecular weight is 284 g/mol. The van der Waals surface area contributed by atoms with Crippen LogP contribution in [0.25, 0.3) is 0 Å². The van der Waals surface area contributed by atoms with Crippen molar-refractivity contribution in [1.29, 1.82) is 0 Å². The van der Waals surface area contributed by atoms with Gasteiger partial charge in [0.2, 0.25) is 5.91 Å². The van der Waals surface area contributed by atoms with E-state index in [0.717, 1.165) is 24.2 Å². The van der Waals surface area contributed by atoms with E-state index < -0.39 is 0 Å². The molecule has 0 fully saturated rings. The summed E-state index contributed by atoms with van der Waals surface area (Å²) in [6, 6.07) is 8.13. The van der Waals surface area contributed by atoms with E-state index in [1.807, 2.05) is 42.2 Å².